The smallest absolute Gasteiger partial charge is 0.137 e. The molecule has 0 aliphatic heterocycles. The summed E-state index contributed by atoms with van der Waals surface area (Å²) in [6.45, 7) is 0.739. The maximum atomic E-state index is 5.13. The monoisotopic (exact) mass is 253 g/mol. The molecule has 0 amide bonds. The quantitative estimate of drug-likeness (QED) is 0.750. The van der Waals surface area contributed by atoms with Crippen LogP contribution in [0.5, 0.6) is 5.75 Å². The third-order valence-corrected chi connectivity index (χ3v) is 3.02. The first-order valence-corrected chi connectivity index (χ1v) is 6.16. The van der Waals surface area contributed by atoms with Gasteiger partial charge in [0.05, 0.1) is 13.7 Å². The number of ether oxygens (including phenoxy) is 1. The molecule has 0 saturated carbocycles. The summed E-state index contributed by atoms with van der Waals surface area (Å²) in [6, 6.07) is 14.0. The van der Waals surface area contributed by atoms with Crippen LogP contribution in [0.4, 0.5) is 5.69 Å². The van der Waals surface area contributed by atoms with Crippen molar-refractivity contribution in [2.24, 2.45) is 0 Å². The molecule has 0 radical (unpaired) electrons. The normalized spacial score (nSPS) is 10.6. The van der Waals surface area contributed by atoms with Crippen molar-refractivity contribution >= 4 is 16.7 Å². The van der Waals surface area contributed by atoms with Gasteiger partial charge in [-0.1, -0.05) is 0 Å². The second kappa shape index (κ2) is 5.02. The number of fused-ring (bicyclic) bond motifs is 1. The van der Waals surface area contributed by atoms with Gasteiger partial charge in [-0.15, -0.1) is 0 Å². The molecule has 0 saturated heterocycles. The van der Waals surface area contributed by atoms with Gasteiger partial charge in [-0.3, -0.25) is 0 Å². The number of rotatable bonds is 4. The Kier molecular flexibility index (Phi) is 3.06. The highest BCUT2D eigenvalue weighted by atomic mass is 16.5. The van der Waals surface area contributed by atoms with Gasteiger partial charge in [0.25, 0.3) is 0 Å². The minimum atomic E-state index is 0.739. The molecule has 0 bridgehead atoms. The zero-order chi connectivity index (χ0) is 13.1. The van der Waals surface area contributed by atoms with Gasteiger partial charge in [0.1, 0.15) is 11.4 Å². The summed E-state index contributed by atoms with van der Waals surface area (Å²) in [5.41, 5.74) is 3.10. The lowest BCUT2D eigenvalue weighted by Crippen LogP contribution is -1.99. The average Bonchev–Trinajstić information content (AvgIpc) is 2.88. The molecule has 2 aromatic heterocycles. The van der Waals surface area contributed by atoms with Crippen LogP contribution >= 0.6 is 0 Å². The van der Waals surface area contributed by atoms with Crippen LogP contribution in [0.2, 0.25) is 0 Å². The minimum absolute atomic E-state index is 0.739. The van der Waals surface area contributed by atoms with E-state index in [1.165, 1.54) is 0 Å². The Morgan fingerprint density at radius 3 is 2.79 bits per heavy atom. The number of H-pyrrole nitrogens is 1. The molecule has 4 heteroatoms. The molecule has 3 rings (SSSR count). The van der Waals surface area contributed by atoms with Crippen molar-refractivity contribution in [2.75, 3.05) is 12.4 Å². The fraction of sp³-hybridized carbons (Fsp3) is 0.133. The average molecular weight is 253 g/mol. The number of anilines is 1. The summed E-state index contributed by atoms with van der Waals surface area (Å²) >= 11 is 0. The summed E-state index contributed by atoms with van der Waals surface area (Å²) < 4.78 is 5.13. The van der Waals surface area contributed by atoms with Crippen LogP contribution in [-0.2, 0) is 6.54 Å². The molecule has 4 nitrogen and oxygen atoms in total. The summed E-state index contributed by atoms with van der Waals surface area (Å²) in [7, 11) is 1.67. The van der Waals surface area contributed by atoms with Gasteiger partial charge in [-0.05, 0) is 42.5 Å². The van der Waals surface area contributed by atoms with Gasteiger partial charge in [0, 0.05) is 23.0 Å². The van der Waals surface area contributed by atoms with Crippen LogP contribution in [0, 0.1) is 0 Å². The lowest BCUT2D eigenvalue weighted by atomic mass is 10.3. The molecule has 2 N–H and O–H groups in total. The van der Waals surface area contributed by atoms with Gasteiger partial charge < -0.3 is 15.0 Å². The van der Waals surface area contributed by atoms with E-state index >= 15 is 0 Å². The summed E-state index contributed by atoms with van der Waals surface area (Å²) in [5, 5.41) is 4.49. The van der Waals surface area contributed by atoms with Crippen molar-refractivity contribution in [1.29, 1.82) is 0 Å². The van der Waals surface area contributed by atoms with E-state index in [1.54, 1.807) is 13.3 Å². The first-order valence-electron chi connectivity index (χ1n) is 6.16. The van der Waals surface area contributed by atoms with Crippen LogP contribution < -0.4 is 10.1 Å². The predicted octanol–water partition coefficient (Wildman–Crippen LogP) is 3.18. The highest BCUT2D eigenvalue weighted by Gasteiger charge is 2.01. The predicted molar refractivity (Wildman–Crippen MR) is 76.4 cm³/mol. The van der Waals surface area contributed by atoms with E-state index in [2.05, 4.69) is 27.4 Å². The van der Waals surface area contributed by atoms with Crippen LogP contribution in [0.1, 0.15) is 5.69 Å². The van der Waals surface area contributed by atoms with Gasteiger partial charge in [-0.25, -0.2) is 4.98 Å². The van der Waals surface area contributed by atoms with Gasteiger partial charge in [-0.2, -0.15) is 0 Å². The SMILES string of the molecule is COc1ccc(NCc2cc3cccnc3[nH]2)cc1. The van der Waals surface area contributed by atoms with Gasteiger partial charge >= 0.3 is 0 Å². The Balaban J connectivity index is 1.70. The number of pyridine rings is 1. The summed E-state index contributed by atoms with van der Waals surface area (Å²) in [6.07, 6.45) is 1.79. The topological polar surface area (TPSA) is 49.9 Å². The fourth-order valence-corrected chi connectivity index (χ4v) is 2.02. The molecule has 0 unspecified atom stereocenters. The molecular weight excluding hydrogens is 238 g/mol. The molecule has 0 atom stereocenters. The molecule has 0 spiro atoms. The number of aromatic nitrogens is 2. The van der Waals surface area contributed by atoms with Crippen molar-refractivity contribution in [3.05, 3.63) is 54.4 Å². The number of hydrogen-bond donors (Lipinski definition) is 2. The third-order valence-electron chi connectivity index (χ3n) is 3.02. The number of benzene rings is 1. The van der Waals surface area contributed by atoms with E-state index < -0.39 is 0 Å². The zero-order valence-electron chi connectivity index (χ0n) is 10.7. The zero-order valence-corrected chi connectivity index (χ0v) is 10.7. The summed E-state index contributed by atoms with van der Waals surface area (Å²) in [5.74, 6) is 0.861. The number of hydrogen-bond acceptors (Lipinski definition) is 3. The van der Waals surface area contributed by atoms with Crippen molar-refractivity contribution in [3.63, 3.8) is 0 Å². The van der Waals surface area contributed by atoms with E-state index in [0.717, 1.165) is 34.7 Å². The largest absolute Gasteiger partial charge is 0.497 e. The molecule has 0 fully saturated rings. The van der Waals surface area contributed by atoms with Crippen molar-refractivity contribution in [3.8, 4) is 5.75 Å². The lowest BCUT2D eigenvalue weighted by Gasteiger charge is -2.05. The van der Waals surface area contributed by atoms with Crippen LogP contribution in [0.25, 0.3) is 11.0 Å². The molecule has 3 aromatic rings. The minimum Gasteiger partial charge on any atom is -0.497 e. The Morgan fingerprint density at radius 2 is 2.05 bits per heavy atom. The molecular formula is C15H15N3O. The second-order valence-electron chi connectivity index (χ2n) is 4.32. The van der Waals surface area contributed by atoms with Crippen LogP contribution in [-0.4, -0.2) is 17.1 Å². The van der Waals surface area contributed by atoms with Crippen LogP contribution in [0.3, 0.4) is 0 Å². The number of nitrogens with one attached hydrogen (secondary N) is 2. The Labute approximate surface area is 111 Å². The molecule has 19 heavy (non-hydrogen) atoms. The third kappa shape index (κ3) is 2.52. The van der Waals surface area contributed by atoms with Gasteiger partial charge in [0.2, 0.25) is 0 Å². The van der Waals surface area contributed by atoms with E-state index in [4.69, 9.17) is 4.74 Å². The summed E-state index contributed by atoms with van der Waals surface area (Å²) in [4.78, 5) is 7.57. The number of aromatic amines is 1. The van der Waals surface area contributed by atoms with Gasteiger partial charge in [0.15, 0.2) is 0 Å². The van der Waals surface area contributed by atoms with E-state index in [-0.39, 0.29) is 0 Å². The Bertz CT molecular complexity index is 640. The van der Waals surface area contributed by atoms with E-state index in [1.807, 2.05) is 30.3 Å². The van der Waals surface area contributed by atoms with Crippen LogP contribution in [0.15, 0.2) is 48.7 Å². The highest BCUT2D eigenvalue weighted by molar-refractivity contribution is 5.76. The molecule has 0 aliphatic rings. The Morgan fingerprint density at radius 1 is 1.21 bits per heavy atom. The maximum Gasteiger partial charge on any atom is 0.137 e. The number of nitrogens with zero attached hydrogens (tertiary/aromatic N) is 1. The lowest BCUT2D eigenvalue weighted by molar-refractivity contribution is 0.415. The molecule has 1 aromatic carbocycles. The van der Waals surface area contributed by atoms with Crippen molar-refractivity contribution < 1.29 is 4.74 Å². The highest BCUT2D eigenvalue weighted by Crippen LogP contribution is 2.17. The fourth-order valence-electron chi connectivity index (χ4n) is 2.02. The first kappa shape index (κ1) is 11.6. The molecule has 2 heterocycles. The number of methoxy groups -OCH3 is 1. The van der Waals surface area contributed by atoms with E-state index in [9.17, 15) is 0 Å². The standard InChI is InChI=1S/C15H15N3O/c1-19-14-6-4-12(5-7-14)17-10-13-9-11-3-2-8-16-15(11)18-13/h2-9,17H,10H2,1H3,(H,16,18). The first-order chi connectivity index (χ1) is 9.35. The molecule has 96 valence electrons. The van der Waals surface area contributed by atoms with Crippen molar-refractivity contribution in [2.45, 2.75) is 6.54 Å². The second-order valence-corrected chi connectivity index (χ2v) is 4.32. The van der Waals surface area contributed by atoms with Crippen molar-refractivity contribution in [1.82, 2.24) is 9.97 Å². The molecule has 0 aliphatic carbocycles. The Hall–Kier alpha value is -2.49. The maximum absolute atomic E-state index is 5.13. The van der Waals surface area contributed by atoms with E-state index in [0.29, 0.717) is 0 Å².